The summed E-state index contributed by atoms with van der Waals surface area (Å²) in [6.07, 6.45) is 2.05. The number of carbonyl (C=O) groups excluding carboxylic acids is 1. The summed E-state index contributed by atoms with van der Waals surface area (Å²) in [5.41, 5.74) is 4.15. The van der Waals surface area contributed by atoms with Gasteiger partial charge in [-0.3, -0.25) is 4.79 Å². The molecule has 0 bridgehead atoms. The van der Waals surface area contributed by atoms with E-state index >= 15 is 0 Å². The fraction of sp³-hybridized carbons (Fsp3) is 0.258. The first-order chi connectivity index (χ1) is 20.4. The lowest BCUT2D eigenvalue weighted by atomic mass is 9.85. The lowest BCUT2D eigenvalue weighted by Crippen LogP contribution is -2.31. The maximum atomic E-state index is 13.3. The average molecular weight is 642 g/mol. The van der Waals surface area contributed by atoms with E-state index in [1.165, 1.54) is 11.8 Å². The van der Waals surface area contributed by atoms with Gasteiger partial charge >= 0.3 is 0 Å². The van der Waals surface area contributed by atoms with Gasteiger partial charge in [-0.15, -0.1) is 5.10 Å². The van der Waals surface area contributed by atoms with Crippen molar-refractivity contribution in [3.05, 3.63) is 104 Å². The molecule has 1 aliphatic carbocycles. The number of hydrogen-bond acceptors (Lipinski definition) is 7. The Labute approximate surface area is 263 Å². The molecule has 1 aromatic heterocycles. The van der Waals surface area contributed by atoms with E-state index in [9.17, 15) is 4.79 Å². The maximum Gasteiger partial charge on any atom is 0.227 e. The number of allylic oxidation sites excluding steroid dienone is 2. The van der Waals surface area contributed by atoms with Gasteiger partial charge in [0.05, 0.1) is 6.61 Å². The first-order valence-electron chi connectivity index (χ1n) is 13.6. The third-order valence-corrected chi connectivity index (χ3v) is 9.14. The Bertz CT molecular complexity index is 1670. The van der Waals surface area contributed by atoms with Gasteiger partial charge in [-0.2, -0.15) is 4.98 Å². The second kappa shape index (κ2) is 12.6. The first kappa shape index (κ1) is 28.9. The number of hydrogen-bond donors (Lipinski definition) is 1. The molecule has 0 radical (unpaired) electrons. The van der Waals surface area contributed by atoms with Crippen molar-refractivity contribution in [1.82, 2.24) is 14.8 Å². The van der Waals surface area contributed by atoms with E-state index in [1.807, 2.05) is 49.4 Å². The van der Waals surface area contributed by atoms with Crippen molar-refractivity contribution in [3.63, 3.8) is 0 Å². The van der Waals surface area contributed by atoms with E-state index < -0.39 is 6.04 Å². The van der Waals surface area contributed by atoms with Crippen LogP contribution in [0.5, 0.6) is 11.5 Å². The number of carbonyl (C=O) groups is 1. The van der Waals surface area contributed by atoms with Gasteiger partial charge < -0.3 is 14.8 Å². The molecule has 1 atom stereocenters. The minimum atomic E-state index is -0.461. The number of aromatic nitrogens is 3. The van der Waals surface area contributed by atoms with E-state index in [4.69, 9.17) is 54.4 Å². The number of ketones is 1. The predicted molar refractivity (Wildman–Crippen MR) is 167 cm³/mol. The number of Topliss-reactive ketones (excluding diaryl/α,β-unsaturated/α-hetero) is 1. The van der Waals surface area contributed by atoms with Crippen molar-refractivity contribution in [1.29, 1.82) is 0 Å². The van der Waals surface area contributed by atoms with E-state index in [0.29, 0.717) is 67.6 Å². The summed E-state index contributed by atoms with van der Waals surface area (Å²) < 4.78 is 13.9. The highest BCUT2D eigenvalue weighted by molar-refractivity contribution is 7.98. The minimum absolute atomic E-state index is 0.104. The highest BCUT2D eigenvalue weighted by Gasteiger charge is 2.37. The number of benzene rings is 3. The van der Waals surface area contributed by atoms with Crippen LogP contribution in [0.25, 0.3) is 0 Å². The normalized spacial score (nSPS) is 16.1. The lowest BCUT2D eigenvalue weighted by Gasteiger charge is -2.32. The zero-order valence-electron chi connectivity index (χ0n) is 22.7. The van der Waals surface area contributed by atoms with Crippen LogP contribution in [0.15, 0.2) is 77.1 Å². The van der Waals surface area contributed by atoms with Crippen LogP contribution in [0.4, 0.5) is 5.95 Å². The van der Waals surface area contributed by atoms with Crippen LogP contribution in [0, 0.1) is 0 Å². The van der Waals surface area contributed by atoms with Crippen LogP contribution in [-0.4, -0.2) is 27.2 Å². The quantitative estimate of drug-likeness (QED) is 0.184. The molecule has 2 heterocycles. The highest BCUT2D eigenvalue weighted by atomic mass is 35.5. The van der Waals surface area contributed by atoms with Crippen LogP contribution in [0.3, 0.4) is 0 Å². The van der Waals surface area contributed by atoms with Crippen LogP contribution in [0.2, 0.25) is 15.1 Å². The van der Waals surface area contributed by atoms with E-state index in [-0.39, 0.29) is 12.4 Å². The average Bonchev–Trinajstić information content (AvgIpc) is 3.39. The van der Waals surface area contributed by atoms with Crippen LogP contribution in [-0.2, 0) is 17.2 Å². The summed E-state index contributed by atoms with van der Waals surface area (Å²) in [5, 5.41) is 10.6. The number of nitrogens with one attached hydrogen (secondary N) is 1. The molecule has 0 saturated heterocycles. The van der Waals surface area contributed by atoms with E-state index in [1.54, 1.807) is 22.9 Å². The second-order valence-electron chi connectivity index (χ2n) is 9.87. The van der Waals surface area contributed by atoms with Crippen molar-refractivity contribution in [3.8, 4) is 11.5 Å². The molecule has 7 nitrogen and oxygen atoms in total. The number of halogens is 3. The van der Waals surface area contributed by atoms with Gasteiger partial charge in [0.1, 0.15) is 12.6 Å². The van der Waals surface area contributed by atoms with Gasteiger partial charge in [-0.05, 0) is 61.2 Å². The SMILES string of the molecule is CCOc1cc(C2C3=C(CCCC3=O)Nc3nc(SCc4ccccc4Cl)nn32)ccc1OCc1c(Cl)cccc1Cl. The zero-order valence-corrected chi connectivity index (χ0v) is 25.8. The lowest BCUT2D eigenvalue weighted by molar-refractivity contribution is -0.116. The maximum absolute atomic E-state index is 13.3. The van der Waals surface area contributed by atoms with Crippen molar-refractivity contribution in [2.75, 3.05) is 11.9 Å². The van der Waals surface area contributed by atoms with Gasteiger partial charge in [0, 0.05) is 44.1 Å². The molecule has 0 saturated carbocycles. The Kier molecular flexibility index (Phi) is 8.67. The van der Waals surface area contributed by atoms with Crippen molar-refractivity contribution < 1.29 is 14.3 Å². The summed E-state index contributed by atoms with van der Waals surface area (Å²) in [5.74, 6) is 2.42. The van der Waals surface area contributed by atoms with Gasteiger partial charge in [-0.25, -0.2) is 4.68 Å². The molecule has 2 aliphatic rings. The summed E-state index contributed by atoms with van der Waals surface area (Å²) in [7, 11) is 0. The van der Waals surface area contributed by atoms with Gasteiger partial charge in [0.15, 0.2) is 17.3 Å². The van der Waals surface area contributed by atoms with E-state index in [0.717, 1.165) is 29.7 Å². The Morgan fingerprint density at radius 1 is 0.976 bits per heavy atom. The number of rotatable bonds is 9. The first-order valence-corrected chi connectivity index (χ1v) is 15.7. The Balaban J connectivity index is 1.34. The molecule has 11 heteroatoms. The van der Waals surface area contributed by atoms with Gasteiger partial charge in [0.2, 0.25) is 11.1 Å². The minimum Gasteiger partial charge on any atom is -0.490 e. The van der Waals surface area contributed by atoms with Crippen LogP contribution >= 0.6 is 46.6 Å². The molecule has 42 heavy (non-hydrogen) atoms. The molecule has 4 aromatic rings. The fourth-order valence-electron chi connectivity index (χ4n) is 5.17. The molecule has 0 fully saturated rings. The third-order valence-electron chi connectivity index (χ3n) is 7.18. The molecule has 0 amide bonds. The molecule has 3 aromatic carbocycles. The Hall–Kier alpha value is -3.17. The summed E-state index contributed by atoms with van der Waals surface area (Å²) >= 11 is 20.6. The number of thioether (sulfide) groups is 1. The highest BCUT2D eigenvalue weighted by Crippen LogP contribution is 2.43. The number of anilines is 1. The van der Waals surface area contributed by atoms with Gasteiger partial charge in [-0.1, -0.05) is 76.9 Å². The van der Waals surface area contributed by atoms with Crippen LogP contribution in [0.1, 0.15) is 48.9 Å². The molecular formula is C31H27Cl3N4O3S. The van der Waals surface area contributed by atoms with Gasteiger partial charge in [0.25, 0.3) is 0 Å². The Morgan fingerprint density at radius 2 is 1.76 bits per heavy atom. The monoisotopic (exact) mass is 640 g/mol. The predicted octanol–water partition coefficient (Wildman–Crippen LogP) is 8.53. The molecule has 1 unspecified atom stereocenters. The molecule has 0 spiro atoms. The number of nitrogens with zero attached hydrogens (tertiary/aromatic N) is 3. The second-order valence-corrected chi connectivity index (χ2v) is 12.0. The molecular weight excluding hydrogens is 615 g/mol. The molecule has 6 rings (SSSR count). The number of fused-ring (bicyclic) bond motifs is 1. The third kappa shape index (κ3) is 5.86. The Morgan fingerprint density at radius 3 is 2.55 bits per heavy atom. The zero-order chi connectivity index (χ0) is 29.2. The van der Waals surface area contributed by atoms with Crippen LogP contribution < -0.4 is 14.8 Å². The molecule has 1 aliphatic heterocycles. The smallest absolute Gasteiger partial charge is 0.227 e. The van der Waals surface area contributed by atoms with Crippen molar-refractivity contribution in [2.45, 2.75) is 49.7 Å². The van der Waals surface area contributed by atoms with Crippen molar-refractivity contribution >= 4 is 58.3 Å². The number of ether oxygens (including phenoxy) is 2. The molecule has 1 N–H and O–H groups in total. The fourth-order valence-corrected chi connectivity index (χ4v) is 6.79. The standard InChI is InChI=1S/C31H27Cl3N4O3S/c1-2-40-27-15-18(13-14-26(27)41-16-20-22(33)9-5-10-23(20)34)29-28-24(11-6-12-25(28)39)35-30-36-31(37-38(29)30)42-17-19-7-3-4-8-21(19)32/h3-5,7-10,13-15,29H,2,6,11-12,16-17H2,1H3,(H,35,36,37). The summed E-state index contributed by atoms with van der Waals surface area (Å²) in [6.45, 7) is 2.52. The summed E-state index contributed by atoms with van der Waals surface area (Å²) in [6, 6.07) is 18.3. The summed E-state index contributed by atoms with van der Waals surface area (Å²) in [4.78, 5) is 18.1. The topological polar surface area (TPSA) is 78.3 Å². The van der Waals surface area contributed by atoms with Crippen molar-refractivity contribution in [2.24, 2.45) is 0 Å². The molecule has 216 valence electrons. The van der Waals surface area contributed by atoms with E-state index in [2.05, 4.69) is 5.32 Å². The largest absolute Gasteiger partial charge is 0.490 e.